The van der Waals surface area contributed by atoms with Crippen LogP contribution >= 0.6 is 11.3 Å². The van der Waals surface area contributed by atoms with E-state index in [-0.39, 0.29) is 28.3 Å². The minimum atomic E-state index is -3.77. The Labute approximate surface area is 182 Å². The quantitative estimate of drug-likeness (QED) is 0.523. The lowest BCUT2D eigenvalue weighted by Gasteiger charge is -2.16. The van der Waals surface area contributed by atoms with Gasteiger partial charge in [0.15, 0.2) is 5.13 Å². The third kappa shape index (κ3) is 4.37. The Morgan fingerprint density at radius 1 is 1.10 bits per heavy atom. The highest BCUT2D eigenvalue weighted by atomic mass is 32.2. The molecule has 0 spiro atoms. The number of amides is 2. The molecule has 9 nitrogen and oxygen atoms in total. The third-order valence-corrected chi connectivity index (χ3v) is 6.81. The Balaban J connectivity index is 1.45. The molecule has 1 unspecified atom stereocenters. The van der Waals surface area contributed by atoms with E-state index >= 15 is 0 Å². The van der Waals surface area contributed by atoms with Crippen molar-refractivity contribution in [1.82, 2.24) is 4.98 Å². The van der Waals surface area contributed by atoms with Gasteiger partial charge in [0.25, 0.3) is 15.9 Å². The van der Waals surface area contributed by atoms with Gasteiger partial charge in [0.1, 0.15) is 11.8 Å². The van der Waals surface area contributed by atoms with Crippen molar-refractivity contribution in [2.24, 2.45) is 0 Å². The van der Waals surface area contributed by atoms with Crippen LogP contribution in [0.5, 0.6) is 5.75 Å². The Kier molecular flexibility index (Phi) is 5.61. The van der Waals surface area contributed by atoms with Gasteiger partial charge in [-0.25, -0.2) is 18.3 Å². The van der Waals surface area contributed by atoms with Crippen LogP contribution in [-0.2, 0) is 19.6 Å². The highest BCUT2D eigenvalue weighted by Crippen LogP contribution is 2.27. The molecule has 11 heteroatoms. The van der Waals surface area contributed by atoms with Crippen LogP contribution in [0, 0.1) is 0 Å². The first kappa shape index (κ1) is 20.8. The molecule has 0 saturated carbocycles. The average Bonchev–Trinajstić information content (AvgIpc) is 3.36. The number of carbonyl (C=O) groups excluding carboxylic acids is 2. The lowest BCUT2D eigenvalue weighted by molar-refractivity contribution is -0.121. The van der Waals surface area contributed by atoms with Gasteiger partial charge < -0.3 is 10.1 Å². The smallest absolute Gasteiger partial charge is 0.263 e. The first-order chi connectivity index (χ1) is 14.9. The second kappa shape index (κ2) is 8.36. The summed E-state index contributed by atoms with van der Waals surface area (Å²) in [7, 11) is -2.23. The van der Waals surface area contributed by atoms with Crippen LogP contribution in [0.3, 0.4) is 0 Å². The van der Waals surface area contributed by atoms with Gasteiger partial charge in [-0.2, -0.15) is 0 Å². The number of benzene rings is 2. The Bertz CT molecular complexity index is 1190. The summed E-state index contributed by atoms with van der Waals surface area (Å²) in [5.74, 6) is -0.0753. The molecule has 160 valence electrons. The number of imide groups is 1. The SMILES string of the molecule is COc1ccc(N2C(=O)CC(Nc3ccc(S(=O)(=O)Nc4nccs4)cc3)C2=O)cc1. The fourth-order valence-electron chi connectivity index (χ4n) is 3.13. The summed E-state index contributed by atoms with van der Waals surface area (Å²) in [5.41, 5.74) is 0.991. The number of ether oxygens (including phenoxy) is 1. The Hall–Kier alpha value is -3.44. The molecule has 0 radical (unpaired) electrons. The number of hydrogen-bond donors (Lipinski definition) is 2. The van der Waals surface area contributed by atoms with Gasteiger partial charge in [-0.05, 0) is 48.5 Å². The molecule has 0 aliphatic carbocycles. The lowest BCUT2D eigenvalue weighted by atomic mass is 10.2. The zero-order valence-electron chi connectivity index (χ0n) is 16.3. The molecule has 2 N–H and O–H groups in total. The molecular weight excluding hydrogens is 440 g/mol. The minimum Gasteiger partial charge on any atom is -0.497 e. The van der Waals surface area contributed by atoms with Crippen molar-refractivity contribution in [2.45, 2.75) is 17.4 Å². The molecular formula is C20H18N4O5S2. The third-order valence-electron chi connectivity index (χ3n) is 4.64. The number of nitrogens with zero attached hydrogens (tertiary/aromatic N) is 2. The molecule has 1 fully saturated rings. The van der Waals surface area contributed by atoms with Gasteiger partial charge in [-0.3, -0.25) is 14.3 Å². The summed E-state index contributed by atoms with van der Waals surface area (Å²) < 4.78 is 32.3. The summed E-state index contributed by atoms with van der Waals surface area (Å²) in [6.07, 6.45) is 1.50. The van der Waals surface area contributed by atoms with Gasteiger partial charge in [0.2, 0.25) is 5.91 Å². The Morgan fingerprint density at radius 3 is 2.42 bits per heavy atom. The van der Waals surface area contributed by atoms with Gasteiger partial charge >= 0.3 is 0 Å². The van der Waals surface area contributed by atoms with Crippen molar-refractivity contribution in [3.8, 4) is 5.75 Å². The van der Waals surface area contributed by atoms with Gasteiger partial charge in [-0.1, -0.05) is 0 Å². The molecule has 31 heavy (non-hydrogen) atoms. The van der Waals surface area contributed by atoms with Crippen molar-refractivity contribution >= 4 is 49.7 Å². The first-order valence-corrected chi connectivity index (χ1v) is 11.5. The topological polar surface area (TPSA) is 118 Å². The van der Waals surface area contributed by atoms with Gasteiger partial charge in [0, 0.05) is 17.3 Å². The summed E-state index contributed by atoms with van der Waals surface area (Å²) in [6, 6.07) is 11.8. The molecule has 2 heterocycles. The van der Waals surface area contributed by atoms with Crippen molar-refractivity contribution < 1.29 is 22.7 Å². The largest absolute Gasteiger partial charge is 0.497 e. The summed E-state index contributed by atoms with van der Waals surface area (Å²) in [5, 5.41) is 4.95. The van der Waals surface area contributed by atoms with E-state index in [1.165, 1.54) is 36.8 Å². The number of carbonyl (C=O) groups is 2. The van der Waals surface area contributed by atoms with E-state index < -0.39 is 16.1 Å². The maximum Gasteiger partial charge on any atom is 0.263 e. The highest BCUT2D eigenvalue weighted by molar-refractivity contribution is 7.93. The fourth-order valence-corrected chi connectivity index (χ4v) is 4.92. The number of hydrogen-bond acceptors (Lipinski definition) is 8. The normalized spacial score (nSPS) is 16.4. The van der Waals surface area contributed by atoms with Crippen LogP contribution in [0.1, 0.15) is 6.42 Å². The van der Waals surface area contributed by atoms with E-state index in [0.29, 0.717) is 17.1 Å². The van der Waals surface area contributed by atoms with Gasteiger partial charge in [0.05, 0.1) is 24.1 Å². The minimum absolute atomic E-state index is 0.00346. The van der Waals surface area contributed by atoms with Crippen LogP contribution in [0.4, 0.5) is 16.5 Å². The number of aromatic nitrogens is 1. The van der Waals surface area contributed by atoms with Crippen molar-refractivity contribution in [1.29, 1.82) is 0 Å². The molecule has 1 aromatic heterocycles. The number of sulfonamides is 1. The van der Waals surface area contributed by atoms with E-state index in [0.717, 1.165) is 4.90 Å². The number of nitrogens with one attached hydrogen (secondary N) is 2. The number of rotatable bonds is 7. The van der Waals surface area contributed by atoms with E-state index in [9.17, 15) is 18.0 Å². The van der Waals surface area contributed by atoms with Crippen LogP contribution in [0.25, 0.3) is 0 Å². The molecule has 0 bridgehead atoms. The van der Waals surface area contributed by atoms with E-state index in [1.807, 2.05) is 0 Å². The molecule has 2 amide bonds. The van der Waals surface area contributed by atoms with Crippen molar-refractivity contribution in [3.63, 3.8) is 0 Å². The predicted molar refractivity (Wildman–Crippen MR) is 117 cm³/mol. The second-order valence-corrected chi connectivity index (χ2v) is 9.21. The van der Waals surface area contributed by atoms with Crippen LogP contribution in [0.2, 0.25) is 0 Å². The standard InChI is InChI=1S/C20H18N4O5S2/c1-29-15-6-4-14(5-7-15)24-18(25)12-17(19(24)26)22-13-2-8-16(9-3-13)31(27,28)23-20-21-10-11-30-20/h2-11,17,22H,12H2,1H3,(H,21,23). The van der Waals surface area contributed by atoms with E-state index in [4.69, 9.17) is 4.74 Å². The lowest BCUT2D eigenvalue weighted by Crippen LogP contribution is -2.34. The van der Waals surface area contributed by atoms with Crippen LogP contribution < -0.4 is 19.7 Å². The van der Waals surface area contributed by atoms with Crippen LogP contribution in [0.15, 0.2) is 65.0 Å². The van der Waals surface area contributed by atoms with E-state index in [2.05, 4.69) is 15.0 Å². The monoisotopic (exact) mass is 458 g/mol. The van der Waals surface area contributed by atoms with Gasteiger partial charge in [-0.15, -0.1) is 11.3 Å². The zero-order valence-corrected chi connectivity index (χ0v) is 17.9. The summed E-state index contributed by atoms with van der Waals surface area (Å²) in [4.78, 5) is 30.3. The molecule has 2 aromatic carbocycles. The zero-order chi connectivity index (χ0) is 22.0. The maximum absolute atomic E-state index is 12.8. The molecule has 1 aliphatic heterocycles. The number of methoxy groups -OCH3 is 1. The predicted octanol–water partition coefficient (Wildman–Crippen LogP) is 2.70. The van der Waals surface area contributed by atoms with Crippen molar-refractivity contribution in [3.05, 3.63) is 60.1 Å². The second-order valence-electron chi connectivity index (χ2n) is 6.63. The molecule has 4 rings (SSSR count). The average molecular weight is 459 g/mol. The number of anilines is 3. The molecule has 1 aliphatic rings. The highest BCUT2D eigenvalue weighted by Gasteiger charge is 2.39. The molecule has 1 atom stereocenters. The van der Waals surface area contributed by atoms with Crippen LogP contribution in [-0.4, -0.2) is 38.4 Å². The summed E-state index contributed by atoms with van der Waals surface area (Å²) in [6.45, 7) is 0. The molecule has 1 saturated heterocycles. The van der Waals surface area contributed by atoms with E-state index in [1.54, 1.807) is 41.8 Å². The number of thiazole rings is 1. The first-order valence-electron chi connectivity index (χ1n) is 9.17. The maximum atomic E-state index is 12.8. The Morgan fingerprint density at radius 2 is 1.81 bits per heavy atom. The fraction of sp³-hybridized carbons (Fsp3) is 0.150. The van der Waals surface area contributed by atoms with Crippen molar-refractivity contribution in [2.75, 3.05) is 22.0 Å². The summed E-state index contributed by atoms with van der Waals surface area (Å²) >= 11 is 1.17. The molecule has 3 aromatic rings.